The number of ether oxygens (including phenoxy) is 2. The Kier molecular flexibility index (Phi) is 5.96. The molecule has 35 heavy (non-hydrogen) atoms. The number of ketones is 1. The first kappa shape index (κ1) is 22.6. The molecular formula is C27H17BrO7. The minimum atomic E-state index is -0.632. The predicted octanol–water partition coefficient (Wildman–Crippen LogP) is 5.60. The van der Waals surface area contributed by atoms with Crippen molar-refractivity contribution in [2.24, 2.45) is 0 Å². The Hall–Kier alpha value is -4.17. The maximum atomic E-state index is 12.7. The summed E-state index contributed by atoms with van der Waals surface area (Å²) in [5, 5.41) is 1.23. The molecule has 0 aliphatic rings. The minimum Gasteiger partial charge on any atom is -0.497 e. The zero-order chi connectivity index (χ0) is 24.5. The molecule has 5 rings (SSSR count). The van der Waals surface area contributed by atoms with Gasteiger partial charge in [0.1, 0.15) is 22.7 Å². The van der Waals surface area contributed by atoms with Crippen LogP contribution in [0.1, 0.15) is 10.4 Å². The van der Waals surface area contributed by atoms with Crippen molar-refractivity contribution in [2.75, 3.05) is 13.7 Å². The van der Waals surface area contributed by atoms with E-state index in [1.54, 1.807) is 61.7 Å². The summed E-state index contributed by atoms with van der Waals surface area (Å²) in [6.45, 7) is -0.203. The van der Waals surface area contributed by atoms with Gasteiger partial charge in [-0.2, -0.15) is 0 Å². The summed E-state index contributed by atoms with van der Waals surface area (Å²) in [6, 6.07) is 19.8. The Labute approximate surface area is 206 Å². The molecule has 0 amide bonds. The van der Waals surface area contributed by atoms with Crippen LogP contribution in [0.3, 0.4) is 0 Å². The maximum absolute atomic E-state index is 12.7. The van der Waals surface area contributed by atoms with E-state index in [1.807, 2.05) is 6.07 Å². The highest BCUT2D eigenvalue weighted by atomic mass is 79.9. The number of Topliss-reactive ketones (excluding diaryl/α,β-unsaturated/α-hetero) is 1. The first-order valence-corrected chi connectivity index (χ1v) is 11.3. The van der Waals surface area contributed by atoms with Crippen LogP contribution in [-0.4, -0.2) is 19.5 Å². The molecule has 2 heterocycles. The van der Waals surface area contributed by atoms with Crippen molar-refractivity contribution in [1.82, 2.24) is 0 Å². The molecule has 7 nitrogen and oxygen atoms in total. The molecule has 0 N–H and O–H groups in total. The molecular weight excluding hydrogens is 516 g/mol. The summed E-state index contributed by atoms with van der Waals surface area (Å²) < 4.78 is 22.4. The number of benzene rings is 3. The number of rotatable bonds is 6. The van der Waals surface area contributed by atoms with Crippen LogP contribution in [0.2, 0.25) is 0 Å². The van der Waals surface area contributed by atoms with Gasteiger partial charge in [-0.05, 0) is 60.7 Å². The fourth-order valence-electron chi connectivity index (χ4n) is 3.75. The van der Waals surface area contributed by atoms with Gasteiger partial charge >= 0.3 is 11.3 Å². The SMILES string of the molecule is COc1ccc(C(=O)COc2ccc3c(-c4cc5cc(Br)ccc5oc4=O)cc(=O)oc3c2)cc1. The number of carbonyl (C=O) groups is 1. The molecule has 0 atom stereocenters. The predicted molar refractivity (Wildman–Crippen MR) is 134 cm³/mol. The first-order valence-electron chi connectivity index (χ1n) is 10.5. The monoisotopic (exact) mass is 532 g/mol. The van der Waals surface area contributed by atoms with Crippen molar-refractivity contribution in [3.8, 4) is 22.6 Å². The van der Waals surface area contributed by atoms with Crippen LogP contribution in [0, 0.1) is 0 Å². The highest BCUT2D eigenvalue weighted by Gasteiger charge is 2.15. The van der Waals surface area contributed by atoms with Crippen LogP contribution in [0.4, 0.5) is 0 Å². The van der Waals surface area contributed by atoms with Gasteiger partial charge in [0.25, 0.3) is 0 Å². The van der Waals surface area contributed by atoms with Crippen LogP contribution >= 0.6 is 15.9 Å². The smallest absolute Gasteiger partial charge is 0.344 e. The molecule has 0 unspecified atom stereocenters. The molecule has 5 aromatic rings. The number of halogens is 1. The molecule has 0 fully saturated rings. The van der Waals surface area contributed by atoms with E-state index < -0.39 is 11.3 Å². The fraction of sp³-hybridized carbons (Fsp3) is 0.0741. The van der Waals surface area contributed by atoms with Crippen molar-refractivity contribution in [2.45, 2.75) is 0 Å². The number of hydrogen-bond acceptors (Lipinski definition) is 7. The van der Waals surface area contributed by atoms with Crippen molar-refractivity contribution in [3.05, 3.63) is 104 Å². The summed E-state index contributed by atoms with van der Waals surface area (Å²) in [5.41, 5.74) is 0.548. The topological polar surface area (TPSA) is 96.0 Å². The second-order valence-electron chi connectivity index (χ2n) is 7.71. The van der Waals surface area contributed by atoms with Crippen molar-refractivity contribution in [1.29, 1.82) is 0 Å². The quantitative estimate of drug-likeness (QED) is 0.207. The normalized spacial score (nSPS) is 11.0. The van der Waals surface area contributed by atoms with Crippen LogP contribution in [0.15, 0.2) is 95.7 Å². The number of hydrogen-bond donors (Lipinski definition) is 0. The summed E-state index contributed by atoms with van der Waals surface area (Å²) in [5.74, 6) is 0.771. The highest BCUT2D eigenvalue weighted by molar-refractivity contribution is 9.10. The first-order chi connectivity index (χ1) is 16.9. The summed E-state index contributed by atoms with van der Waals surface area (Å²) in [6.07, 6.45) is 0. The molecule has 0 saturated heterocycles. The van der Waals surface area contributed by atoms with E-state index in [9.17, 15) is 14.4 Å². The largest absolute Gasteiger partial charge is 0.497 e. The number of methoxy groups -OCH3 is 1. The van der Waals surface area contributed by atoms with Crippen molar-refractivity contribution >= 4 is 43.7 Å². The Bertz CT molecular complexity index is 1700. The minimum absolute atomic E-state index is 0.203. The highest BCUT2D eigenvalue weighted by Crippen LogP contribution is 2.30. The molecule has 0 saturated carbocycles. The molecule has 8 heteroatoms. The second-order valence-corrected chi connectivity index (χ2v) is 8.62. The third-order valence-corrected chi connectivity index (χ3v) is 5.98. The van der Waals surface area contributed by atoms with E-state index in [4.69, 9.17) is 18.3 Å². The van der Waals surface area contributed by atoms with Gasteiger partial charge in [0.15, 0.2) is 12.4 Å². The molecule has 0 bridgehead atoms. The zero-order valence-corrected chi connectivity index (χ0v) is 20.0. The van der Waals surface area contributed by atoms with Gasteiger partial charge in [-0.25, -0.2) is 9.59 Å². The standard InChI is InChI=1S/C27H17BrO7/c1-32-18-5-2-15(3-6-18)23(29)14-33-19-7-8-20-21(13-26(30)34-25(20)12-19)22-11-16-10-17(28)4-9-24(16)35-27(22)31/h2-13H,14H2,1H3. The number of carbonyl (C=O) groups excluding carboxylic acids is 1. The molecule has 0 aliphatic carbocycles. The molecule has 0 radical (unpaired) electrons. The Morgan fingerprint density at radius 1 is 0.829 bits per heavy atom. The van der Waals surface area contributed by atoms with Crippen molar-refractivity contribution in [3.63, 3.8) is 0 Å². The molecule has 2 aromatic heterocycles. The van der Waals surface area contributed by atoms with Gasteiger partial charge in [-0.3, -0.25) is 4.79 Å². The Morgan fingerprint density at radius 3 is 2.37 bits per heavy atom. The zero-order valence-electron chi connectivity index (χ0n) is 18.4. The maximum Gasteiger partial charge on any atom is 0.344 e. The van der Waals surface area contributed by atoms with Crippen molar-refractivity contribution < 1.29 is 23.1 Å². The Morgan fingerprint density at radius 2 is 1.60 bits per heavy atom. The van der Waals surface area contributed by atoms with E-state index in [2.05, 4.69) is 15.9 Å². The van der Waals surface area contributed by atoms with E-state index >= 15 is 0 Å². The third kappa shape index (κ3) is 4.61. The van der Waals surface area contributed by atoms with E-state index in [1.165, 1.54) is 12.1 Å². The summed E-state index contributed by atoms with van der Waals surface area (Å²) in [4.78, 5) is 37.5. The summed E-state index contributed by atoms with van der Waals surface area (Å²) >= 11 is 3.41. The lowest BCUT2D eigenvalue weighted by Gasteiger charge is -2.09. The van der Waals surface area contributed by atoms with Crippen LogP contribution in [-0.2, 0) is 0 Å². The van der Waals surface area contributed by atoms with Gasteiger partial charge in [-0.15, -0.1) is 0 Å². The van der Waals surface area contributed by atoms with Gasteiger partial charge in [0, 0.05) is 38.5 Å². The fourth-order valence-corrected chi connectivity index (χ4v) is 4.13. The summed E-state index contributed by atoms with van der Waals surface area (Å²) in [7, 11) is 1.55. The van der Waals surface area contributed by atoms with Crippen LogP contribution in [0.25, 0.3) is 33.1 Å². The second kappa shape index (κ2) is 9.23. The van der Waals surface area contributed by atoms with E-state index in [0.717, 1.165) is 4.47 Å². The lowest BCUT2D eigenvalue weighted by molar-refractivity contribution is 0.0921. The Balaban J connectivity index is 1.48. The molecule has 3 aromatic carbocycles. The van der Waals surface area contributed by atoms with Gasteiger partial charge in [0.2, 0.25) is 0 Å². The van der Waals surface area contributed by atoms with E-state index in [-0.39, 0.29) is 23.5 Å². The molecule has 0 spiro atoms. The lowest BCUT2D eigenvalue weighted by Crippen LogP contribution is -2.11. The average Bonchev–Trinajstić information content (AvgIpc) is 2.86. The van der Waals surface area contributed by atoms with E-state index in [0.29, 0.717) is 39.0 Å². The average molecular weight is 533 g/mol. The van der Waals surface area contributed by atoms with Gasteiger partial charge in [-0.1, -0.05) is 15.9 Å². The van der Waals surface area contributed by atoms with Gasteiger partial charge < -0.3 is 18.3 Å². The lowest BCUT2D eigenvalue weighted by atomic mass is 10.0. The molecule has 0 aliphatic heterocycles. The van der Waals surface area contributed by atoms with Crippen LogP contribution < -0.4 is 20.7 Å². The third-order valence-electron chi connectivity index (χ3n) is 5.48. The van der Waals surface area contributed by atoms with Crippen LogP contribution in [0.5, 0.6) is 11.5 Å². The van der Waals surface area contributed by atoms with Gasteiger partial charge in [0.05, 0.1) is 12.7 Å². The number of fused-ring (bicyclic) bond motifs is 2. The molecule has 174 valence electrons.